The van der Waals surface area contributed by atoms with Crippen molar-refractivity contribution in [3.05, 3.63) is 0 Å². The number of rotatable bonds is 1. The van der Waals surface area contributed by atoms with Crippen molar-refractivity contribution >= 4 is 0 Å². The molecule has 0 aromatic heterocycles. The molecule has 0 saturated heterocycles. The monoisotopic (exact) mass is 167 g/mol. The molecule has 0 bridgehead atoms. The van der Waals surface area contributed by atoms with Crippen LogP contribution in [0.5, 0.6) is 0 Å². The van der Waals surface area contributed by atoms with Gasteiger partial charge in [0.2, 0.25) is 0 Å². The van der Waals surface area contributed by atoms with Gasteiger partial charge in [-0.3, -0.25) is 0 Å². The molecule has 0 heterocycles. The molecule has 2 rings (SSSR count). The maximum Gasteiger partial charge on any atom is 0.0184 e. The highest BCUT2D eigenvalue weighted by molar-refractivity contribution is 5.03. The highest BCUT2D eigenvalue weighted by Crippen LogP contribution is 2.44. The zero-order valence-electron chi connectivity index (χ0n) is 8.02. The lowest BCUT2D eigenvalue weighted by Gasteiger charge is -2.25. The standard InChI is InChI=1S/C11H21N/c12-11(8-9-11)10-6-4-2-1-3-5-7-10/h10H,1-9,12H2. The molecular weight excluding hydrogens is 146 g/mol. The summed E-state index contributed by atoms with van der Waals surface area (Å²) in [5.41, 5.74) is 6.54. The summed E-state index contributed by atoms with van der Waals surface area (Å²) in [7, 11) is 0. The number of hydrogen-bond acceptors (Lipinski definition) is 1. The van der Waals surface area contributed by atoms with E-state index in [-0.39, 0.29) is 0 Å². The first-order chi connectivity index (χ1) is 5.81. The van der Waals surface area contributed by atoms with Crippen LogP contribution in [0.1, 0.15) is 57.8 Å². The van der Waals surface area contributed by atoms with Crippen LogP contribution in [0, 0.1) is 5.92 Å². The molecule has 1 nitrogen and oxygen atoms in total. The smallest absolute Gasteiger partial charge is 0.0184 e. The Kier molecular flexibility index (Phi) is 2.40. The Bertz CT molecular complexity index is 141. The van der Waals surface area contributed by atoms with Gasteiger partial charge in [-0.2, -0.15) is 0 Å². The first-order valence-electron chi connectivity index (χ1n) is 5.60. The Hall–Kier alpha value is -0.0400. The Morgan fingerprint density at radius 1 is 0.833 bits per heavy atom. The molecule has 0 aromatic carbocycles. The predicted molar refractivity (Wildman–Crippen MR) is 52.0 cm³/mol. The summed E-state index contributed by atoms with van der Waals surface area (Å²) in [4.78, 5) is 0. The van der Waals surface area contributed by atoms with Crippen LogP contribution in [0.15, 0.2) is 0 Å². The normalized spacial score (nSPS) is 30.8. The van der Waals surface area contributed by atoms with Crippen molar-refractivity contribution in [2.24, 2.45) is 11.7 Å². The predicted octanol–water partition coefficient (Wildman–Crippen LogP) is 2.84. The molecule has 0 atom stereocenters. The fraction of sp³-hybridized carbons (Fsp3) is 1.00. The summed E-state index contributed by atoms with van der Waals surface area (Å²) >= 11 is 0. The Labute approximate surface area is 75.7 Å². The van der Waals surface area contributed by atoms with Crippen LogP contribution >= 0.6 is 0 Å². The molecule has 0 aliphatic heterocycles. The molecule has 2 fully saturated rings. The van der Waals surface area contributed by atoms with E-state index in [1.165, 1.54) is 57.8 Å². The first kappa shape index (κ1) is 8.55. The zero-order valence-corrected chi connectivity index (χ0v) is 8.02. The molecule has 1 heteroatoms. The van der Waals surface area contributed by atoms with Crippen LogP contribution in [0.2, 0.25) is 0 Å². The molecule has 0 amide bonds. The minimum atomic E-state index is 0.303. The van der Waals surface area contributed by atoms with Gasteiger partial charge in [-0.15, -0.1) is 0 Å². The molecule has 0 spiro atoms. The topological polar surface area (TPSA) is 26.0 Å². The second-order valence-electron chi connectivity index (χ2n) is 4.78. The van der Waals surface area contributed by atoms with Crippen molar-refractivity contribution in [3.8, 4) is 0 Å². The Morgan fingerprint density at radius 3 is 1.83 bits per heavy atom. The summed E-state index contributed by atoms with van der Waals surface area (Å²) < 4.78 is 0. The van der Waals surface area contributed by atoms with E-state index in [4.69, 9.17) is 5.73 Å². The largest absolute Gasteiger partial charge is 0.325 e. The lowest BCUT2D eigenvalue weighted by molar-refractivity contribution is 0.310. The van der Waals surface area contributed by atoms with Crippen LogP contribution in [0.4, 0.5) is 0 Å². The molecule has 2 saturated carbocycles. The van der Waals surface area contributed by atoms with E-state index < -0.39 is 0 Å². The average molecular weight is 167 g/mol. The van der Waals surface area contributed by atoms with Crippen LogP contribution in [-0.2, 0) is 0 Å². The van der Waals surface area contributed by atoms with Crippen molar-refractivity contribution in [3.63, 3.8) is 0 Å². The number of hydrogen-bond donors (Lipinski definition) is 1. The summed E-state index contributed by atoms with van der Waals surface area (Å²) in [6.45, 7) is 0. The van der Waals surface area contributed by atoms with Gasteiger partial charge in [-0.1, -0.05) is 32.1 Å². The minimum absolute atomic E-state index is 0.303. The van der Waals surface area contributed by atoms with Crippen LogP contribution in [-0.4, -0.2) is 5.54 Å². The maximum absolute atomic E-state index is 6.24. The van der Waals surface area contributed by atoms with Gasteiger partial charge in [-0.25, -0.2) is 0 Å². The Balaban J connectivity index is 1.85. The summed E-state index contributed by atoms with van der Waals surface area (Å²) in [6, 6.07) is 0. The van der Waals surface area contributed by atoms with E-state index in [2.05, 4.69) is 0 Å². The van der Waals surface area contributed by atoms with Crippen LogP contribution in [0.25, 0.3) is 0 Å². The van der Waals surface area contributed by atoms with Gasteiger partial charge in [-0.05, 0) is 31.6 Å². The molecule has 12 heavy (non-hydrogen) atoms. The van der Waals surface area contributed by atoms with Crippen molar-refractivity contribution in [2.45, 2.75) is 63.3 Å². The highest BCUT2D eigenvalue weighted by Gasteiger charge is 2.44. The van der Waals surface area contributed by atoms with E-state index in [1.54, 1.807) is 0 Å². The fourth-order valence-electron chi connectivity index (χ4n) is 2.58. The van der Waals surface area contributed by atoms with Crippen molar-refractivity contribution in [2.75, 3.05) is 0 Å². The molecule has 2 aliphatic rings. The van der Waals surface area contributed by atoms with Crippen molar-refractivity contribution < 1.29 is 0 Å². The minimum Gasteiger partial charge on any atom is -0.325 e. The molecule has 0 unspecified atom stereocenters. The quantitative estimate of drug-likeness (QED) is 0.638. The van der Waals surface area contributed by atoms with Gasteiger partial charge in [0.25, 0.3) is 0 Å². The summed E-state index contributed by atoms with van der Waals surface area (Å²) in [5.74, 6) is 0.873. The van der Waals surface area contributed by atoms with E-state index in [0.717, 1.165) is 5.92 Å². The van der Waals surface area contributed by atoms with E-state index in [0.29, 0.717) is 5.54 Å². The third kappa shape index (κ3) is 1.82. The first-order valence-corrected chi connectivity index (χ1v) is 5.60. The van der Waals surface area contributed by atoms with Gasteiger partial charge in [0, 0.05) is 5.54 Å². The molecule has 0 radical (unpaired) electrons. The summed E-state index contributed by atoms with van der Waals surface area (Å²) in [5, 5.41) is 0. The van der Waals surface area contributed by atoms with Crippen molar-refractivity contribution in [1.29, 1.82) is 0 Å². The third-order valence-electron chi connectivity index (χ3n) is 3.75. The lowest BCUT2D eigenvalue weighted by Crippen LogP contribution is -2.32. The fourth-order valence-corrected chi connectivity index (χ4v) is 2.58. The Morgan fingerprint density at radius 2 is 1.33 bits per heavy atom. The molecule has 2 aliphatic carbocycles. The van der Waals surface area contributed by atoms with Gasteiger partial charge < -0.3 is 5.73 Å². The zero-order chi connectivity index (χ0) is 8.44. The van der Waals surface area contributed by atoms with Gasteiger partial charge in [0.05, 0.1) is 0 Å². The SMILES string of the molecule is NC1(C2CCCCCCC2)CC1. The van der Waals surface area contributed by atoms with Gasteiger partial charge >= 0.3 is 0 Å². The van der Waals surface area contributed by atoms with Gasteiger partial charge in [0.1, 0.15) is 0 Å². The van der Waals surface area contributed by atoms with Crippen LogP contribution < -0.4 is 5.73 Å². The molecular formula is C11H21N. The van der Waals surface area contributed by atoms with Crippen molar-refractivity contribution in [1.82, 2.24) is 0 Å². The van der Waals surface area contributed by atoms with Gasteiger partial charge in [0.15, 0.2) is 0 Å². The number of nitrogens with two attached hydrogens (primary N) is 1. The second-order valence-corrected chi connectivity index (χ2v) is 4.78. The maximum atomic E-state index is 6.24. The van der Waals surface area contributed by atoms with E-state index in [1.807, 2.05) is 0 Å². The van der Waals surface area contributed by atoms with E-state index in [9.17, 15) is 0 Å². The van der Waals surface area contributed by atoms with E-state index >= 15 is 0 Å². The molecule has 70 valence electrons. The molecule has 2 N–H and O–H groups in total. The van der Waals surface area contributed by atoms with Crippen LogP contribution in [0.3, 0.4) is 0 Å². The highest BCUT2D eigenvalue weighted by atomic mass is 14.8. The molecule has 0 aromatic rings. The third-order valence-corrected chi connectivity index (χ3v) is 3.75. The average Bonchev–Trinajstić information content (AvgIpc) is 2.67. The second kappa shape index (κ2) is 3.37. The lowest BCUT2D eigenvalue weighted by atomic mass is 9.85. The summed E-state index contributed by atoms with van der Waals surface area (Å²) in [6.07, 6.45) is 12.7.